The van der Waals surface area contributed by atoms with Gasteiger partial charge in [-0.2, -0.15) is 0 Å². The molecule has 0 spiro atoms. The summed E-state index contributed by atoms with van der Waals surface area (Å²) in [5.41, 5.74) is 0.771. The van der Waals surface area contributed by atoms with Gasteiger partial charge in [0.05, 0.1) is 6.61 Å². The Kier molecular flexibility index (Phi) is 1.50. The Hall–Kier alpha value is -0.540. The molecule has 0 aliphatic rings. The molecule has 0 amide bonds. The molecule has 3 heteroatoms. The maximum Gasteiger partial charge on any atom is 0.171 e. The molecule has 1 aromatic heterocycles. The smallest absolute Gasteiger partial charge is 0.171 e. The van der Waals surface area contributed by atoms with Gasteiger partial charge in [0, 0.05) is 0 Å². The Morgan fingerprint density at radius 2 is 2.38 bits per heavy atom. The summed E-state index contributed by atoms with van der Waals surface area (Å²) in [6.45, 7) is 0.0110. The zero-order chi connectivity index (χ0) is 5.98. The third kappa shape index (κ3) is 0.993. The molecule has 0 saturated carbocycles. The quantitative estimate of drug-likeness (QED) is 0.594. The van der Waals surface area contributed by atoms with Gasteiger partial charge in [-0.3, -0.25) is 0 Å². The Balaban J connectivity index is 2.84. The third-order valence-corrected chi connectivity index (χ3v) is 1.60. The van der Waals surface area contributed by atoms with Crippen LogP contribution in [0.4, 0.5) is 0 Å². The predicted molar refractivity (Wildman–Crippen MR) is 31.9 cm³/mol. The van der Waals surface area contributed by atoms with Crippen molar-refractivity contribution in [3.63, 3.8) is 0 Å². The number of rotatable bonds is 1. The number of aliphatic hydroxyl groups excluding tert-OH is 1. The second-order valence-electron chi connectivity index (χ2n) is 1.45. The molecule has 2 nitrogen and oxygen atoms in total. The van der Waals surface area contributed by atoms with Crippen molar-refractivity contribution in [2.24, 2.45) is 0 Å². The third-order valence-electron chi connectivity index (χ3n) is 0.822. The fraction of sp³-hybridized carbons (Fsp3) is 0.200. The fourth-order valence-corrected chi connectivity index (χ4v) is 1.08. The van der Waals surface area contributed by atoms with E-state index in [1.165, 1.54) is 11.3 Å². The van der Waals surface area contributed by atoms with Gasteiger partial charge in [-0.25, -0.2) is 0 Å². The number of hydrogen-bond donors (Lipinski definition) is 2. The molecule has 1 rings (SSSR count). The lowest BCUT2D eigenvalue weighted by Crippen LogP contribution is -1.72. The van der Waals surface area contributed by atoms with Gasteiger partial charge in [-0.1, -0.05) is 0 Å². The molecule has 0 bridgehead atoms. The van der Waals surface area contributed by atoms with Crippen LogP contribution in [0, 0.1) is 0 Å². The van der Waals surface area contributed by atoms with Crippen molar-refractivity contribution in [3.05, 3.63) is 17.0 Å². The highest BCUT2D eigenvalue weighted by molar-refractivity contribution is 7.11. The summed E-state index contributed by atoms with van der Waals surface area (Å²) in [7, 11) is 0. The van der Waals surface area contributed by atoms with E-state index in [0.29, 0.717) is 0 Å². The Bertz CT molecular complexity index is 171. The van der Waals surface area contributed by atoms with Crippen molar-refractivity contribution in [1.82, 2.24) is 0 Å². The summed E-state index contributed by atoms with van der Waals surface area (Å²) in [5.74, 6) is 0. The second-order valence-corrected chi connectivity index (χ2v) is 2.34. The molecular weight excluding hydrogens is 124 g/mol. The van der Waals surface area contributed by atoms with Crippen molar-refractivity contribution in [1.29, 1.82) is 0 Å². The van der Waals surface area contributed by atoms with Crippen molar-refractivity contribution in [3.8, 4) is 5.06 Å². The molecule has 0 unspecified atom stereocenters. The second kappa shape index (κ2) is 2.15. The molecule has 0 atom stereocenters. The normalized spacial score (nSPS) is 9.62. The van der Waals surface area contributed by atoms with Crippen LogP contribution in [-0.2, 0) is 6.61 Å². The van der Waals surface area contributed by atoms with E-state index in [9.17, 15) is 0 Å². The van der Waals surface area contributed by atoms with E-state index < -0.39 is 0 Å². The molecule has 8 heavy (non-hydrogen) atoms. The number of thiophene rings is 1. The summed E-state index contributed by atoms with van der Waals surface area (Å²) < 4.78 is 0. The molecule has 1 aromatic rings. The summed E-state index contributed by atoms with van der Waals surface area (Å²) in [4.78, 5) is 0. The molecule has 2 N–H and O–H groups in total. The van der Waals surface area contributed by atoms with Crippen molar-refractivity contribution in [2.45, 2.75) is 6.61 Å². The lowest BCUT2D eigenvalue weighted by Gasteiger charge is -1.79. The highest BCUT2D eigenvalue weighted by Crippen LogP contribution is 2.20. The van der Waals surface area contributed by atoms with E-state index in [-0.39, 0.29) is 11.7 Å². The van der Waals surface area contributed by atoms with Gasteiger partial charge in [0.25, 0.3) is 0 Å². The maximum absolute atomic E-state index is 8.69. The highest BCUT2D eigenvalue weighted by atomic mass is 32.1. The fourth-order valence-electron chi connectivity index (χ4n) is 0.446. The van der Waals surface area contributed by atoms with Gasteiger partial charge < -0.3 is 10.2 Å². The Labute approximate surface area is 51.0 Å². The summed E-state index contributed by atoms with van der Waals surface area (Å²) in [5, 5.41) is 19.1. The monoisotopic (exact) mass is 130 g/mol. The van der Waals surface area contributed by atoms with Crippen LogP contribution in [0.2, 0.25) is 0 Å². The van der Waals surface area contributed by atoms with E-state index in [2.05, 4.69) is 0 Å². The first-order valence-corrected chi connectivity index (χ1v) is 3.08. The van der Waals surface area contributed by atoms with Gasteiger partial charge in [0.1, 0.15) is 0 Å². The van der Waals surface area contributed by atoms with Gasteiger partial charge in [0.2, 0.25) is 0 Å². The molecule has 0 radical (unpaired) electrons. The first-order chi connectivity index (χ1) is 3.83. The number of hydrogen-bond acceptors (Lipinski definition) is 3. The van der Waals surface area contributed by atoms with Gasteiger partial charge in [0.15, 0.2) is 5.06 Å². The van der Waals surface area contributed by atoms with Gasteiger partial charge in [-0.05, 0) is 17.0 Å². The first kappa shape index (κ1) is 5.59. The van der Waals surface area contributed by atoms with E-state index in [4.69, 9.17) is 10.2 Å². The standard InChI is InChI=1S/C5H6O2S/c6-2-4-1-5(7)8-3-4/h1,3,6-7H,2H2. The van der Waals surface area contributed by atoms with E-state index >= 15 is 0 Å². The van der Waals surface area contributed by atoms with Crippen LogP contribution in [0.25, 0.3) is 0 Å². The van der Waals surface area contributed by atoms with Gasteiger partial charge in [-0.15, -0.1) is 11.3 Å². The molecule has 1 heterocycles. The van der Waals surface area contributed by atoms with Crippen molar-refractivity contribution in [2.75, 3.05) is 0 Å². The van der Waals surface area contributed by atoms with Crippen molar-refractivity contribution >= 4 is 11.3 Å². The van der Waals surface area contributed by atoms with Crippen molar-refractivity contribution < 1.29 is 10.2 Å². The molecular formula is C5H6O2S. The zero-order valence-corrected chi connectivity index (χ0v) is 4.98. The van der Waals surface area contributed by atoms with Crippen LogP contribution in [0.5, 0.6) is 5.06 Å². The minimum Gasteiger partial charge on any atom is -0.499 e. The minimum atomic E-state index is 0.0110. The SMILES string of the molecule is OCc1csc(O)c1. The lowest BCUT2D eigenvalue weighted by molar-refractivity contribution is 0.282. The predicted octanol–water partition coefficient (Wildman–Crippen LogP) is 0.946. The van der Waals surface area contributed by atoms with Gasteiger partial charge >= 0.3 is 0 Å². The molecule has 0 aliphatic carbocycles. The topological polar surface area (TPSA) is 40.5 Å². The van der Waals surface area contributed by atoms with E-state index in [1.807, 2.05) is 0 Å². The minimum absolute atomic E-state index is 0.0110. The van der Waals surface area contributed by atoms with Crippen LogP contribution in [0.1, 0.15) is 5.56 Å². The average molecular weight is 130 g/mol. The van der Waals surface area contributed by atoms with Crippen LogP contribution in [0.3, 0.4) is 0 Å². The van der Waals surface area contributed by atoms with Crippen LogP contribution in [0.15, 0.2) is 11.4 Å². The molecule has 44 valence electrons. The maximum atomic E-state index is 8.69. The molecule has 0 aromatic carbocycles. The molecule has 0 saturated heterocycles. The van der Waals surface area contributed by atoms with Crippen LogP contribution in [-0.4, -0.2) is 10.2 Å². The largest absolute Gasteiger partial charge is 0.499 e. The van der Waals surface area contributed by atoms with Crippen LogP contribution < -0.4 is 0 Å². The van der Waals surface area contributed by atoms with E-state index in [0.717, 1.165) is 5.56 Å². The Morgan fingerprint density at radius 1 is 1.62 bits per heavy atom. The lowest BCUT2D eigenvalue weighted by atomic mass is 10.4. The Morgan fingerprint density at radius 3 is 2.62 bits per heavy atom. The highest BCUT2D eigenvalue weighted by Gasteiger charge is 1.92. The molecule has 0 fully saturated rings. The summed E-state index contributed by atoms with van der Waals surface area (Å²) >= 11 is 1.22. The number of aromatic hydroxyl groups is 1. The summed E-state index contributed by atoms with van der Waals surface area (Å²) in [6, 6.07) is 1.55. The summed E-state index contributed by atoms with van der Waals surface area (Å²) in [6.07, 6.45) is 0. The number of aliphatic hydroxyl groups is 1. The molecule has 0 aliphatic heterocycles. The zero-order valence-electron chi connectivity index (χ0n) is 4.16. The van der Waals surface area contributed by atoms with E-state index in [1.54, 1.807) is 11.4 Å². The van der Waals surface area contributed by atoms with Crippen LogP contribution >= 0.6 is 11.3 Å². The average Bonchev–Trinajstić information content (AvgIpc) is 2.14. The first-order valence-electron chi connectivity index (χ1n) is 2.20.